The number of Topliss-reactive ketones (excluding diaryl/α,β-unsaturated/α-hetero) is 1. The van der Waals surface area contributed by atoms with Gasteiger partial charge in [0.25, 0.3) is 0 Å². The first-order chi connectivity index (χ1) is 4.70. The van der Waals surface area contributed by atoms with Gasteiger partial charge in [-0.25, -0.2) is 0 Å². The molecule has 0 amide bonds. The van der Waals surface area contributed by atoms with Crippen molar-refractivity contribution >= 4 is 5.78 Å². The number of ketones is 1. The van der Waals surface area contributed by atoms with Crippen LogP contribution in [0.1, 0.15) is 19.8 Å². The summed E-state index contributed by atoms with van der Waals surface area (Å²) in [5.41, 5.74) is 0. The van der Waals surface area contributed by atoms with E-state index in [1.54, 1.807) is 6.92 Å². The van der Waals surface area contributed by atoms with Crippen molar-refractivity contribution in [1.82, 2.24) is 5.06 Å². The zero-order chi connectivity index (χ0) is 7.56. The van der Waals surface area contributed by atoms with Crippen molar-refractivity contribution in [3.8, 4) is 0 Å². The molecule has 58 valence electrons. The highest BCUT2D eigenvalue weighted by Gasteiger charge is 2.17. The van der Waals surface area contributed by atoms with Crippen LogP contribution in [0.4, 0.5) is 0 Å². The zero-order valence-electron chi connectivity index (χ0n) is 6.17. The van der Waals surface area contributed by atoms with Crippen LogP contribution in [0.25, 0.3) is 0 Å². The van der Waals surface area contributed by atoms with Crippen LogP contribution in [0.15, 0.2) is 0 Å². The monoisotopic (exact) mass is 142 g/mol. The number of rotatable bonds is 1. The maximum Gasteiger partial charge on any atom is 0.133 e. The summed E-state index contributed by atoms with van der Waals surface area (Å²) in [5.74, 6) is 0.387. The van der Waals surface area contributed by atoms with Crippen LogP contribution in [0.5, 0.6) is 0 Å². The molecule has 0 unspecified atom stereocenters. The summed E-state index contributed by atoms with van der Waals surface area (Å²) in [6.45, 7) is 2.67. The second kappa shape index (κ2) is 3.12. The molecular formula is C7H12NO2-. The molecule has 0 saturated carbocycles. The molecule has 0 spiro atoms. The van der Waals surface area contributed by atoms with Crippen LogP contribution in [0.2, 0.25) is 0 Å². The third kappa shape index (κ3) is 1.78. The average molecular weight is 142 g/mol. The molecule has 1 saturated heterocycles. The molecule has 3 nitrogen and oxygen atoms in total. The number of nitrogens with zero attached hydrogens (tertiary/aromatic N) is 1. The van der Waals surface area contributed by atoms with Gasteiger partial charge in [0.15, 0.2) is 0 Å². The predicted octanol–water partition coefficient (Wildman–Crippen LogP) is 0.785. The molecule has 0 bridgehead atoms. The van der Waals surface area contributed by atoms with Crippen molar-refractivity contribution in [2.24, 2.45) is 5.92 Å². The van der Waals surface area contributed by atoms with Gasteiger partial charge in [0.2, 0.25) is 0 Å². The van der Waals surface area contributed by atoms with Gasteiger partial charge in [0.1, 0.15) is 5.78 Å². The second-order valence-electron chi connectivity index (χ2n) is 2.81. The van der Waals surface area contributed by atoms with Gasteiger partial charge in [0.05, 0.1) is 0 Å². The lowest BCUT2D eigenvalue weighted by Gasteiger charge is -2.35. The lowest BCUT2D eigenvalue weighted by molar-refractivity contribution is -0.121. The summed E-state index contributed by atoms with van der Waals surface area (Å²) < 4.78 is 0. The fraction of sp³-hybridized carbons (Fsp3) is 0.857. The Hall–Kier alpha value is -0.410. The Balaban J connectivity index is 2.33. The fourth-order valence-electron chi connectivity index (χ4n) is 1.26. The Morgan fingerprint density at radius 1 is 1.50 bits per heavy atom. The topological polar surface area (TPSA) is 43.4 Å². The van der Waals surface area contributed by atoms with Crippen LogP contribution in [0, 0.1) is 11.1 Å². The highest BCUT2D eigenvalue weighted by atomic mass is 16.5. The lowest BCUT2D eigenvalue weighted by atomic mass is 9.94. The van der Waals surface area contributed by atoms with Gasteiger partial charge < -0.3 is 10.3 Å². The predicted molar refractivity (Wildman–Crippen MR) is 38.3 cm³/mol. The van der Waals surface area contributed by atoms with E-state index in [1.165, 1.54) is 0 Å². The van der Waals surface area contributed by atoms with E-state index >= 15 is 0 Å². The van der Waals surface area contributed by atoms with Crippen molar-refractivity contribution < 1.29 is 4.79 Å². The SMILES string of the molecule is CC(=O)C1CCN([O-])CC1. The summed E-state index contributed by atoms with van der Waals surface area (Å²) in [6.07, 6.45) is 1.50. The minimum Gasteiger partial charge on any atom is -0.785 e. The molecule has 0 N–H and O–H groups in total. The van der Waals surface area contributed by atoms with E-state index in [9.17, 15) is 10.0 Å². The number of carbonyl (C=O) groups is 1. The van der Waals surface area contributed by atoms with E-state index in [0.29, 0.717) is 13.1 Å². The number of piperidine rings is 1. The van der Waals surface area contributed by atoms with Crippen LogP contribution in [0.3, 0.4) is 0 Å². The van der Waals surface area contributed by atoms with Gasteiger partial charge in [-0.15, -0.1) is 0 Å². The zero-order valence-corrected chi connectivity index (χ0v) is 6.17. The molecule has 1 aliphatic rings. The summed E-state index contributed by atoms with van der Waals surface area (Å²) in [7, 11) is 0. The van der Waals surface area contributed by atoms with E-state index in [2.05, 4.69) is 0 Å². The molecule has 1 fully saturated rings. The van der Waals surface area contributed by atoms with Crippen molar-refractivity contribution in [2.45, 2.75) is 19.8 Å². The molecule has 1 aliphatic heterocycles. The third-order valence-electron chi connectivity index (χ3n) is 2.03. The van der Waals surface area contributed by atoms with Gasteiger partial charge in [0, 0.05) is 5.92 Å². The van der Waals surface area contributed by atoms with E-state index in [0.717, 1.165) is 17.9 Å². The van der Waals surface area contributed by atoms with E-state index in [4.69, 9.17) is 0 Å². The molecule has 1 rings (SSSR count). The Morgan fingerprint density at radius 3 is 2.40 bits per heavy atom. The van der Waals surface area contributed by atoms with E-state index < -0.39 is 0 Å². The van der Waals surface area contributed by atoms with Gasteiger partial charge in [-0.2, -0.15) is 0 Å². The first kappa shape index (κ1) is 7.69. The molecule has 0 aromatic heterocycles. The summed E-state index contributed by atoms with van der Waals surface area (Å²) in [5, 5.41) is 11.7. The highest BCUT2D eigenvalue weighted by molar-refractivity contribution is 5.78. The number of hydrogen-bond donors (Lipinski definition) is 0. The van der Waals surface area contributed by atoms with Crippen molar-refractivity contribution in [3.63, 3.8) is 0 Å². The minimum absolute atomic E-state index is 0.158. The number of hydrogen-bond acceptors (Lipinski definition) is 3. The first-order valence-electron chi connectivity index (χ1n) is 3.62. The first-order valence-corrected chi connectivity index (χ1v) is 3.62. The Morgan fingerprint density at radius 2 is 2.00 bits per heavy atom. The molecule has 0 aromatic carbocycles. The maximum atomic E-state index is 10.8. The van der Waals surface area contributed by atoms with Gasteiger partial charge in [-0.3, -0.25) is 4.79 Å². The molecule has 0 aliphatic carbocycles. The molecule has 0 aromatic rings. The number of hydroxylamine groups is 2. The Bertz CT molecular complexity index is 128. The van der Waals surface area contributed by atoms with E-state index in [-0.39, 0.29) is 11.7 Å². The van der Waals surface area contributed by atoms with Crippen molar-refractivity contribution in [3.05, 3.63) is 5.21 Å². The Labute approximate surface area is 60.6 Å². The van der Waals surface area contributed by atoms with Gasteiger partial charge >= 0.3 is 0 Å². The second-order valence-corrected chi connectivity index (χ2v) is 2.81. The standard InChI is InChI=1S/C7H12NO2/c1-6(9)7-2-4-8(10)5-3-7/h7H,2-5H2,1H3/q-1. The quantitative estimate of drug-likeness (QED) is 0.543. The molecule has 0 radical (unpaired) electrons. The van der Waals surface area contributed by atoms with Crippen LogP contribution < -0.4 is 0 Å². The van der Waals surface area contributed by atoms with Crippen LogP contribution in [-0.4, -0.2) is 23.9 Å². The minimum atomic E-state index is 0.158. The summed E-state index contributed by atoms with van der Waals surface area (Å²) in [6, 6.07) is 0. The molecule has 3 heteroatoms. The number of carbonyl (C=O) groups excluding carboxylic acids is 1. The summed E-state index contributed by atoms with van der Waals surface area (Å²) >= 11 is 0. The van der Waals surface area contributed by atoms with Crippen molar-refractivity contribution in [1.29, 1.82) is 0 Å². The normalized spacial score (nSPS) is 23.0. The highest BCUT2D eigenvalue weighted by Crippen LogP contribution is 2.16. The van der Waals surface area contributed by atoms with Crippen molar-refractivity contribution in [2.75, 3.05) is 13.1 Å². The fourth-order valence-corrected chi connectivity index (χ4v) is 1.26. The van der Waals surface area contributed by atoms with Gasteiger partial charge in [-0.1, -0.05) is 0 Å². The molecule has 10 heavy (non-hydrogen) atoms. The molecular weight excluding hydrogens is 130 g/mol. The lowest BCUT2D eigenvalue weighted by Crippen LogP contribution is -2.31. The van der Waals surface area contributed by atoms with Gasteiger partial charge in [-0.05, 0) is 32.9 Å². The average Bonchev–Trinajstić information content (AvgIpc) is 1.88. The maximum absolute atomic E-state index is 10.8. The third-order valence-corrected chi connectivity index (χ3v) is 2.03. The van der Waals surface area contributed by atoms with E-state index in [1.807, 2.05) is 0 Å². The smallest absolute Gasteiger partial charge is 0.133 e. The molecule has 0 atom stereocenters. The summed E-state index contributed by atoms with van der Waals surface area (Å²) in [4.78, 5) is 10.8. The van der Waals surface area contributed by atoms with Crippen LogP contribution >= 0.6 is 0 Å². The Kier molecular flexibility index (Phi) is 2.40. The largest absolute Gasteiger partial charge is 0.785 e. The molecule has 1 heterocycles. The van der Waals surface area contributed by atoms with Crippen LogP contribution in [-0.2, 0) is 4.79 Å².